The topological polar surface area (TPSA) is 52.9 Å². The first-order valence-electron chi connectivity index (χ1n) is 8.67. The summed E-state index contributed by atoms with van der Waals surface area (Å²) in [5, 5.41) is 15.2. The number of allylic oxidation sites excluding steroid dienone is 3. The van der Waals surface area contributed by atoms with E-state index in [0.29, 0.717) is 26.9 Å². The Morgan fingerprint density at radius 2 is 1.86 bits per heavy atom. The van der Waals surface area contributed by atoms with Gasteiger partial charge in [-0.2, -0.15) is 5.26 Å². The smallest absolute Gasteiger partial charge is 0.158 e. The fourth-order valence-corrected chi connectivity index (χ4v) is 4.75. The molecule has 0 bridgehead atoms. The molecule has 0 aliphatic carbocycles. The molecule has 0 aromatic heterocycles. The highest BCUT2D eigenvalue weighted by molar-refractivity contribution is 8.02. The number of nitrogens with zero attached hydrogens (tertiary/aromatic N) is 1. The van der Waals surface area contributed by atoms with Crippen molar-refractivity contribution in [1.82, 2.24) is 5.32 Å². The highest BCUT2D eigenvalue weighted by atomic mass is 35.5. The van der Waals surface area contributed by atoms with E-state index in [1.54, 1.807) is 12.1 Å². The Hall–Kier alpha value is -2.19. The zero-order chi connectivity index (χ0) is 20.3. The van der Waals surface area contributed by atoms with E-state index < -0.39 is 5.92 Å². The van der Waals surface area contributed by atoms with Crippen LogP contribution in [0.15, 0.2) is 70.4 Å². The zero-order valence-electron chi connectivity index (χ0n) is 15.4. The van der Waals surface area contributed by atoms with Gasteiger partial charge in [0.05, 0.1) is 22.6 Å². The van der Waals surface area contributed by atoms with Gasteiger partial charge in [0.2, 0.25) is 0 Å². The van der Waals surface area contributed by atoms with Crippen LogP contribution in [0.4, 0.5) is 0 Å². The fraction of sp³-hybridized carbons (Fsp3) is 0.182. The van der Waals surface area contributed by atoms with E-state index in [-0.39, 0.29) is 5.78 Å². The van der Waals surface area contributed by atoms with Crippen LogP contribution in [0.25, 0.3) is 0 Å². The number of ketones is 1. The SMILES string of the molecule is CC(=O)C1=C(C)NC(SCc2ccccc2Cl)=C(C#N)C1c1ccc(Cl)cc1. The lowest BCUT2D eigenvalue weighted by Gasteiger charge is -2.29. The van der Waals surface area contributed by atoms with Crippen LogP contribution in [0, 0.1) is 11.3 Å². The van der Waals surface area contributed by atoms with Gasteiger partial charge >= 0.3 is 0 Å². The number of thioether (sulfide) groups is 1. The van der Waals surface area contributed by atoms with Crippen LogP contribution in [0.2, 0.25) is 10.0 Å². The highest BCUT2D eigenvalue weighted by Crippen LogP contribution is 2.41. The molecule has 142 valence electrons. The Bertz CT molecular complexity index is 1020. The molecule has 6 heteroatoms. The monoisotopic (exact) mass is 428 g/mol. The van der Waals surface area contributed by atoms with E-state index in [1.807, 2.05) is 43.3 Å². The summed E-state index contributed by atoms with van der Waals surface area (Å²) < 4.78 is 0. The van der Waals surface area contributed by atoms with Crippen molar-refractivity contribution in [3.05, 3.63) is 91.6 Å². The predicted octanol–water partition coefficient (Wildman–Crippen LogP) is 6.21. The van der Waals surface area contributed by atoms with Crippen LogP contribution < -0.4 is 5.32 Å². The Labute approximate surface area is 179 Å². The summed E-state index contributed by atoms with van der Waals surface area (Å²) in [5.41, 5.74) is 3.73. The molecule has 0 saturated heterocycles. The summed E-state index contributed by atoms with van der Waals surface area (Å²) in [4.78, 5) is 12.4. The number of carbonyl (C=O) groups is 1. The minimum Gasteiger partial charge on any atom is -0.353 e. The van der Waals surface area contributed by atoms with Crippen molar-refractivity contribution in [2.45, 2.75) is 25.5 Å². The van der Waals surface area contributed by atoms with E-state index in [0.717, 1.165) is 21.9 Å². The van der Waals surface area contributed by atoms with E-state index in [9.17, 15) is 10.1 Å². The van der Waals surface area contributed by atoms with Crippen molar-refractivity contribution in [2.75, 3.05) is 0 Å². The van der Waals surface area contributed by atoms with Crippen molar-refractivity contribution in [3.63, 3.8) is 0 Å². The van der Waals surface area contributed by atoms with Gasteiger partial charge in [0.15, 0.2) is 5.78 Å². The van der Waals surface area contributed by atoms with Crippen molar-refractivity contribution in [1.29, 1.82) is 5.26 Å². The van der Waals surface area contributed by atoms with Crippen LogP contribution in [-0.2, 0) is 10.5 Å². The van der Waals surface area contributed by atoms with Gasteiger partial charge in [0, 0.05) is 27.1 Å². The quantitative estimate of drug-likeness (QED) is 0.614. The molecule has 0 saturated carbocycles. The number of nitriles is 1. The first-order chi connectivity index (χ1) is 13.4. The Kier molecular flexibility index (Phi) is 6.51. The van der Waals surface area contributed by atoms with E-state index in [1.165, 1.54) is 18.7 Å². The number of nitrogens with one attached hydrogen (secondary N) is 1. The maximum Gasteiger partial charge on any atom is 0.158 e. The lowest BCUT2D eigenvalue weighted by atomic mass is 9.81. The van der Waals surface area contributed by atoms with Gasteiger partial charge in [-0.1, -0.05) is 53.5 Å². The second-order valence-corrected chi connectivity index (χ2v) is 8.27. The molecule has 28 heavy (non-hydrogen) atoms. The van der Waals surface area contributed by atoms with Crippen molar-refractivity contribution < 1.29 is 4.79 Å². The molecule has 2 aromatic rings. The Morgan fingerprint density at radius 1 is 1.18 bits per heavy atom. The standard InChI is InChI=1S/C22H18Cl2N2OS/c1-13-20(14(2)27)21(15-7-9-17(23)10-8-15)18(11-25)22(26-13)28-12-16-5-3-4-6-19(16)24/h3-10,21,26H,12H2,1-2H3. The summed E-state index contributed by atoms with van der Waals surface area (Å²) in [6.45, 7) is 3.39. The third-order valence-electron chi connectivity index (χ3n) is 4.56. The summed E-state index contributed by atoms with van der Waals surface area (Å²) in [7, 11) is 0. The van der Waals surface area contributed by atoms with Gasteiger partial charge in [-0.25, -0.2) is 0 Å². The van der Waals surface area contributed by atoms with Gasteiger partial charge in [-0.3, -0.25) is 4.79 Å². The third kappa shape index (κ3) is 4.28. The number of Topliss-reactive ketones (excluding diaryl/α,β-unsaturated/α-hetero) is 1. The van der Waals surface area contributed by atoms with Gasteiger partial charge in [-0.05, 0) is 43.2 Å². The Balaban J connectivity index is 2.02. The second-order valence-electron chi connectivity index (χ2n) is 6.44. The third-order valence-corrected chi connectivity index (χ3v) is 6.25. The van der Waals surface area contributed by atoms with Crippen LogP contribution in [0.1, 0.15) is 30.9 Å². The second kappa shape index (κ2) is 8.87. The molecular formula is C22H18Cl2N2OS. The fourth-order valence-electron chi connectivity index (χ4n) is 3.25. The van der Waals surface area contributed by atoms with Crippen LogP contribution in [-0.4, -0.2) is 5.78 Å². The molecule has 1 heterocycles. The number of rotatable bonds is 5. The van der Waals surface area contributed by atoms with E-state index in [4.69, 9.17) is 23.2 Å². The first kappa shape index (κ1) is 20.5. The minimum atomic E-state index is -0.422. The molecular weight excluding hydrogens is 411 g/mol. The number of carbonyl (C=O) groups excluding carboxylic acids is 1. The maximum absolute atomic E-state index is 12.4. The average Bonchev–Trinajstić information content (AvgIpc) is 2.67. The first-order valence-corrected chi connectivity index (χ1v) is 10.4. The van der Waals surface area contributed by atoms with Crippen molar-refractivity contribution in [2.24, 2.45) is 0 Å². The number of halogens is 2. The molecule has 1 aliphatic rings. The molecule has 2 aromatic carbocycles. The van der Waals surface area contributed by atoms with Crippen LogP contribution >= 0.6 is 35.0 Å². The predicted molar refractivity (Wildman–Crippen MR) is 116 cm³/mol. The number of hydrogen-bond acceptors (Lipinski definition) is 4. The number of hydrogen-bond donors (Lipinski definition) is 1. The molecule has 1 atom stereocenters. The van der Waals surface area contributed by atoms with E-state index in [2.05, 4.69) is 11.4 Å². The normalized spacial score (nSPS) is 16.6. The summed E-state index contributed by atoms with van der Waals surface area (Å²) in [5.74, 6) is 0.131. The molecule has 1 unspecified atom stereocenters. The molecule has 0 spiro atoms. The van der Waals surface area contributed by atoms with Crippen molar-refractivity contribution >= 4 is 40.7 Å². The van der Waals surface area contributed by atoms with Gasteiger partial charge in [0.1, 0.15) is 0 Å². The molecule has 3 rings (SSSR count). The van der Waals surface area contributed by atoms with E-state index >= 15 is 0 Å². The average molecular weight is 429 g/mol. The lowest BCUT2D eigenvalue weighted by Crippen LogP contribution is -2.27. The lowest BCUT2D eigenvalue weighted by molar-refractivity contribution is -0.113. The number of benzene rings is 2. The molecule has 3 nitrogen and oxygen atoms in total. The van der Waals surface area contributed by atoms with Gasteiger partial charge in [-0.15, -0.1) is 11.8 Å². The molecule has 0 radical (unpaired) electrons. The molecule has 1 N–H and O–H groups in total. The molecule has 1 aliphatic heterocycles. The summed E-state index contributed by atoms with van der Waals surface area (Å²) in [6.07, 6.45) is 0. The largest absolute Gasteiger partial charge is 0.353 e. The molecule has 0 fully saturated rings. The van der Waals surface area contributed by atoms with Gasteiger partial charge in [0.25, 0.3) is 0 Å². The van der Waals surface area contributed by atoms with Crippen LogP contribution in [0.5, 0.6) is 0 Å². The summed E-state index contributed by atoms with van der Waals surface area (Å²) in [6, 6.07) is 17.2. The summed E-state index contributed by atoms with van der Waals surface area (Å²) >= 11 is 13.8. The van der Waals surface area contributed by atoms with Crippen molar-refractivity contribution in [3.8, 4) is 6.07 Å². The Morgan fingerprint density at radius 3 is 2.46 bits per heavy atom. The highest BCUT2D eigenvalue weighted by Gasteiger charge is 2.33. The maximum atomic E-state index is 12.4. The minimum absolute atomic E-state index is 0.0622. The van der Waals surface area contributed by atoms with Gasteiger partial charge < -0.3 is 5.32 Å². The van der Waals surface area contributed by atoms with Crippen LogP contribution in [0.3, 0.4) is 0 Å². The zero-order valence-corrected chi connectivity index (χ0v) is 17.8. The number of dihydropyridines is 1. The molecule has 0 amide bonds.